The lowest BCUT2D eigenvalue weighted by Crippen LogP contribution is -2.19. The van der Waals surface area contributed by atoms with E-state index in [1.807, 2.05) is 6.92 Å². The number of hydrogen-bond acceptors (Lipinski definition) is 3. The number of cyclic esters (lactones) is 1. The van der Waals surface area contributed by atoms with Gasteiger partial charge in [0.05, 0.1) is 0 Å². The lowest BCUT2D eigenvalue weighted by Gasteiger charge is -2.01. The first kappa shape index (κ1) is 8.97. The van der Waals surface area contributed by atoms with Gasteiger partial charge in [0.15, 0.2) is 11.9 Å². The predicted molar refractivity (Wildman–Crippen MR) is 43.5 cm³/mol. The van der Waals surface area contributed by atoms with Crippen molar-refractivity contribution in [1.29, 1.82) is 0 Å². The van der Waals surface area contributed by atoms with E-state index in [-0.39, 0.29) is 5.78 Å². The minimum Gasteiger partial charge on any atom is -0.454 e. The van der Waals surface area contributed by atoms with Gasteiger partial charge < -0.3 is 4.74 Å². The third kappa shape index (κ3) is 1.40. The van der Waals surface area contributed by atoms with Crippen molar-refractivity contribution in [3.05, 3.63) is 12.7 Å². The summed E-state index contributed by atoms with van der Waals surface area (Å²) in [6.45, 7) is 5.31. The second kappa shape index (κ2) is 3.52. The first-order valence-electron chi connectivity index (χ1n) is 4.05. The van der Waals surface area contributed by atoms with Crippen molar-refractivity contribution in [2.75, 3.05) is 0 Å². The number of Topliss-reactive ketones (excluding diaryl/α,β-unsaturated/α-hetero) is 1. The molecule has 1 rings (SSSR count). The Kier molecular flexibility index (Phi) is 2.63. The van der Waals surface area contributed by atoms with E-state index in [2.05, 4.69) is 6.58 Å². The summed E-state index contributed by atoms with van der Waals surface area (Å²) in [4.78, 5) is 22.4. The molecule has 66 valence electrons. The first-order valence-corrected chi connectivity index (χ1v) is 4.05. The highest BCUT2D eigenvalue weighted by Gasteiger charge is 2.41. The molecule has 0 aromatic rings. The van der Waals surface area contributed by atoms with Gasteiger partial charge in [0.1, 0.15) is 5.92 Å². The van der Waals surface area contributed by atoms with Crippen molar-refractivity contribution in [1.82, 2.24) is 0 Å². The molecule has 2 unspecified atom stereocenters. The highest BCUT2D eigenvalue weighted by molar-refractivity contribution is 6.06. The number of carbonyl (C=O) groups is 2. The topological polar surface area (TPSA) is 43.4 Å². The average Bonchev–Trinajstić information content (AvgIpc) is 2.32. The van der Waals surface area contributed by atoms with Gasteiger partial charge in [-0.3, -0.25) is 9.59 Å². The summed E-state index contributed by atoms with van der Waals surface area (Å²) in [5.41, 5.74) is 0. The van der Waals surface area contributed by atoms with Crippen LogP contribution in [-0.2, 0) is 14.3 Å². The second-order valence-electron chi connectivity index (χ2n) is 2.81. The molecule has 3 nitrogen and oxygen atoms in total. The lowest BCUT2D eigenvalue weighted by molar-refractivity contribution is -0.144. The number of allylic oxidation sites excluding steroid dienone is 1. The van der Waals surface area contributed by atoms with Crippen molar-refractivity contribution in [3.8, 4) is 0 Å². The minimum atomic E-state index is -0.590. The summed E-state index contributed by atoms with van der Waals surface area (Å²) in [6.07, 6.45) is 2.02. The van der Waals surface area contributed by atoms with E-state index in [0.29, 0.717) is 12.8 Å². The number of hydrogen-bond donors (Lipinski definition) is 0. The maximum atomic E-state index is 11.3. The molecule has 0 amide bonds. The predicted octanol–water partition coefficient (Wildman–Crippen LogP) is 1.08. The van der Waals surface area contributed by atoms with Crippen LogP contribution in [-0.4, -0.2) is 17.9 Å². The van der Waals surface area contributed by atoms with Gasteiger partial charge in [-0.05, 0) is 12.8 Å². The fourth-order valence-electron chi connectivity index (χ4n) is 1.28. The Bertz CT molecular complexity index is 220. The molecule has 0 spiro atoms. The number of carbonyl (C=O) groups excluding carboxylic acids is 2. The molecular weight excluding hydrogens is 156 g/mol. The highest BCUT2D eigenvalue weighted by atomic mass is 16.6. The van der Waals surface area contributed by atoms with Crippen LogP contribution in [0.3, 0.4) is 0 Å². The monoisotopic (exact) mass is 168 g/mol. The molecule has 0 radical (unpaired) electrons. The van der Waals surface area contributed by atoms with Crippen LogP contribution in [0.25, 0.3) is 0 Å². The standard InChI is InChI=1S/C9H12O3/c1-3-5-6-8(10)7(4-2)12-9(6)11/h3,6-7H,1,4-5H2,2H3. The number of ketones is 1. The van der Waals surface area contributed by atoms with Crippen molar-refractivity contribution in [2.24, 2.45) is 5.92 Å². The van der Waals surface area contributed by atoms with Crippen LogP contribution in [0.2, 0.25) is 0 Å². The summed E-state index contributed by atoms with van der Waals surface area (Å²) in [5, 5.41) is 0. The normalized spacial score (nSPS) is 28.8. The zero-order chi connectivity index (χ0) is 9.14. The van der Waals surface area contributed by atoms with E-state index in [1.54, 1.807) is 6.08 Å². The highest BCUT2D eigenvalue weighted by Crippen LogP contribution is 2.22. The molecule has 0 aromatic carbocycles. The van der Waals surface area contributed by atoms with Gasteiger partial charge >= 0.3 is 5.97 Å². The average molecular weight is 168 g/mol. The Hall–Kier alpha value is -1.12. The molecule has 1 heterocycles. The maximum absolute atomic E-state index is 11.3. The molecule has 1 fully saturated rings. The third-order valence-electron chi connectivity index (χ3n) is 1.98. The molecule has 1 aliphatic heterocycles. The van der Waals surface area contributed by atoms with Gasteiger partial charge in [0.2, 0.25) is 0 Å². The molecule has 2 atom stereocenters. The van der Waals surface area contributed by atoms with Gasteiger partial charge in [0, 0.05) is 0 Å². The van der Waals surface area contributed by atoms with E-state index in [4.69, 9.17) is 4.74 Å². The van der Waals surface area contributed by atoms with E-state index < -0.39 is 18.0 Å². The van der Waals surface area contributed by atoms with Crippen molar-refractivity contribution < 1.29 is 14.3 Å². The summed E-state index contributed by atoms with van der Waals surface area (Å²) in [6, 6.07) is 0. The van der Waals surface area contributed by atoms with E-state index in [9.17, 15) is 9.59 Å². The van der Waals surface area contributed by atoms with E-state index in [1.165, 1.54) is 0 Å². The Morgan fingerprint density at radius 1 is 1.58 bits per heavy atom. The smallest absolute Gasteiger partial charge is 0.317 e. The van der Waals surface area contributed by atoms with Gasteiger partial charge in [-0.1, -0.05) is 13.0 Å². The molecule has 0 aromatic heterocycles. The summed E-state index contributed by atoms with van der Waals surface area (Å²) < 4.78 is 4.85. The van der Waals surface area contributed by atoms with E-state index in [0.717, 1.165) is 0 Å². The zero-order valence-electron chi connectivity index (χ0n) is 7.08. The second-order valence-corrected chi connectivity index (χ2v) is 2.81. The molecule has 0 N–H and O–H groups in total. The fraction of sp³-hybridized carbons (Fsp3) is 0.556. The van der Waals surface area contributed by atoms with Crippen molar-refractivity contribution in [2.45, 2.75) is 25.9 Å². The summed E-state index contributed by atoms with van der Waals surface area (Å²) in [7, 11) is 0. The van der Waals surface area contributed by atoms with Crippen LogP contribution in [0.4, 0.5) is 0 Å². The van der Waals surface area contributed by atoms with Crippen molar-refractivity contribution in [3.63, 3.8) is 0 Å². The molecule has 0 bridgehead atoms. The molecule has 1 aliphatic rings. The molecular formula is C9H12O3. The molecule has 12 heavy (non-hydrogen) atoms. The van der Waals surface area contributed by atoms with Crippen LogP contribution in [0.5, 0.6) is 0 Å². The van der Waals surface area contributed by atoms with Gasteiger partial charge in [-0.25, -0.2) is 0 Å². The maximum Gasteiger partial charge on any atom is 0.317 e. The van der Waals surface area contributed by atoms with Gasteiger partial charge in [0.25, 0.3) is 0 Å². The fourth-order valence-corrected chi connectivity index (χ4v) is 1.28. The quantitative estimate of drug-likeness (QED) is 0.360. The number of ether oxygens (including phenoxy) is 1. The zero-order valence-corrected chi connectivity index (χ0v) is 7.08. The SMILES string of the molecule is C=CCC1C(=O)OC(CC)C1=O. The molecule has 3 heteroatoms. The third-order valence-corrected chi connectivity index (χ3v) is 1.98. The summed E-state index contributed by atoms with van der Waals surface area (Å²) in [5.74, 6) is -1.08. The van der Waals surface area contributed by atoms with Crippen LogP contribution in [0, 0.1) is 5.92 Å². The Morgan fingerprint density at radius 2 is 2.25 bits per heavy atom. The Labute approximate surface area is 71.4 Å². The Balaban J connectivity index is 2.70. The summed E-state index contributed by atoms with van der Waals surface area (Å²) >= 11 is 0. The van der Waals surface area contributed by atoms with Gasteiger partial charge in [-0.15, -0.1) is 6.58 Å². The largest absolute Gasteiger partial charge is 0.454 e. The molecule has 1 saturated heterocycles. The van der Waals surface area contributed by atoms with Crippen LogP contribution in [0.15, 0.2) is 12.7 Å². The van der Waals surface area contributed by atoms with Crippen LogP contribution >= 0.6 is 0 Å². The number of esters is 1. The first-order chi connectivity index (χ1) is 5.70. The Morgan fingerprint density at radius 3 is 2.67 bits per heavy atom. The van der Waals surface area contributed by atoms with E-state index >= 15 is 0 Å². The molecule has 0 aliphatic carbocycles. The number of rotatable bonds is 3. The van der Waals surface area contributed by atoms with Gasteiger partial charge in [-0.2, -0.15) is 0 Å². The lowest BCUT2D eigenvalue weighted by atomic mass is 9.99. The van der Waals surface area contributed by atoms with Crippen LogP contribution in [0.1, 0.15) is 19.8 Å². The van der Waals surface area contributed by atoms with Crippen LogP contribution < -0.4 is 0 Å². The van der Waals surface area contributed by atoms with Crippen molar-refractivity contribution >= 4 is 11.8 Å². The molecule has 0 saturated carbocycles. The minimum absolute atomic E-state index is 0.0950.